The van der Waals surface area contributed by atoms with Gasteiger partial charge in [-0.15, -0.1) is 0 Å². The lowest BCUT2D eigenvalue weighted by Gasteiger charge is -2.42. The fraction of sp³-hybridized carbons (Fsp3) is 0.148. The van der Waals surface area contributed by atoms with Crippen LogP contribution in [0.4, 0.5) is 17.1 Å². The summed E-state index contributed by atoms with van der Waals surface area (Å²) in [5.41, 5.74) is 15.1. The third-order valence-corrected chi connectivity index (χ3v) is 12.4. The van der Waals surface area contributed by atoms with Gasteiger partial charge in [0.2, 0.25) is 0 Å². The highest BCUT2D eigenvalue weighted by molar-refractivity contribution is 6.11. The van der Waals surface area contributed by atoms with Gasteiger partial charge in [-0.1, -0.05) is 161 Å². The van der Waals surface area contributed by atoms with Crippen LogP contribution >= 0.6 is 0 Å². The number of hydrogen-bond donors (Lipinski definition) is 0. The molecule has 2 nitrogen and oxygen atoms in total. The van der Waals surface area contributed by atoms with Crippen molar-refractivity contribution in [3.8, 4) is 27.9 Å². The molecular weight excluding hydrogens is 677 g/mol. The van der Waals surface area contributed by atoms with Gasteiger partial charge in [-0.2, -0.15) is 0 Å². The second-order valence-corrected chi connectivity index (χ2v) is 16.8. The van der Waals surface area contributed by atoms with Crippen LogP contribution in [0.15, 0.2) is 182 Å². The Hall–Kier alpha value is -6.38. The second-order valence-electron chi connectivity index (χ2n) is 16.8. The number of nitrogens with zero attached hydrogens (tertiary/aromatic N) is 2. The molecule has 0 aliphatic heterocycles. The fourth-order valence-corrected chi connectivity index (χ4v) is 9.33. The summed E-state index contributed by atoms with van der Waals surface area (Å²) >= 11 is 0. The van der Waals surface area contributed by atoms with Crippen molar-refractivity contribution in [3.05, 3.63) is 193 Å². The molecule has 0 saturated heterocycles. The van der Waals surface area contributed by atoms with Crippen LogP contribution in [0.25, 0.3) is 60.5 Å². The van der Waals surface area contributed by atoms with Crippen molar-refractivity contribution in [2.75, 3.05) is 4.90 Å². The molecule has 1 aliphatic rings. The lowest BCUT2D eigenvalue weighted by atomic mass is 9.63. The Labute approximate surface area is 330 Å². The molecule has 1 aromatic heterocycles. The van der Waals surface area contributed by atoms with Gasteiger partial charge in [-0.05, 0) is 111 Å². The van der Waals surface area contributed by atoms with Crippen LogP contribution < -0.4 is 4.90 Å². The van der Waals surface area contributed by atoms with E-state index in [4.69, 9.17) is 0 Å². The van der Waals surface area contributed by atoms with E-state index in [1.165, 1.54) is 78.8 Å². The molecule has 2 heteroatoms. The smallest absolute Gasteiger partial charge is 0.0561 e. The molecule has 0 saturated carbocycles. The maximum Gasteiger partial charge on any atom is 0.0561 e. The lowest BCUT2D eigenvalue weighted by molar-refractivity contribution is 0.332. The quantitative estimate of drug-likeness (QED) is 0.166. The molecule has 0 radical (unpaired) electrons. The molecule has 1 heterocycles. The first-order valence-electron chi connectivity index (χ1n) is 20.0. The zero-order chi connectivity index (χ0) is 38.0. The first kappa shape index (κ1) is 34.1. The molecular formula is C54H46N2. The molecule has 0 unspecified atom stereocenters. The molecule has 0 N–H and O–H groups in total. The minimum absolute atomic E-state index is 0.137. The topological polar surface area (TPSA) is 8.17 Å². The van der Waals surface area contributed by atoms with E-state index < -0.39 is 0 Å². The van der Waals surface area contributed by atoms with Crippen LogP contribution in [0.5, 0.6) is 0 Å². The van der Waals surface area contributed by atoms with Gasteiger partial charge in [0.25, 0.3) is 0 Å². The van der Waals surface area contributed by atoms with Crippen LogP contribution in [0.2, 0.25) is 0 Å². The van der Waals surface area contributed by atoms with E-state index in [1.54, 1.807) is 0 Å². The maximum atomic E-state index is 2.50. The minimum atomic E-state index is 0.137. The van der Waals surface area contributed by atoms with Gasteiger partial charge < -0.3 is 9.47 Å². The van der Waals surface area contributed by atoms with E-state index >= 15 is 0 Å². The van der Waals surface area contributed by atoms with Crippen LogP contribution in [-0.2, 0) is 10.8 Å². The highest BCUT2D eigenvalue weighted by Gasteiger charge is 2.37. The lowest BCUT2D eigenvalue weighted by Crippen LogP contribution is -2.33. The number of rotatable bonds is 6. The summed E-state index contributed by atoms with van der Waals surface area (Å²) in [6.45, 7) is 9.65. The minimum Gasteiger partial charge on any atom is -0.310 e. The summed E-state index contributed by atoms with van der Waals surface area (Å²) < 4.78 is 2.41. The van der Waals surface area contributed by atoms with E-state index in [9.17, 15) is 0 Å². The van der Waals surface area contributed by atoms with E-state index in [-0.39, 0.29) is 10.8 Å². The van der Waals surface area contributed by atoms with Crippen molar-refractivity contribution in [2.45, 2.75) is 51.4 Å². The standard InChI is InChI=1S/C54H46N2/c1-53(2)32-33-54(3,4)49-35-39(28-31-48(49)53)43-23-14-25-45-44(43)24-15-27-50(45)55(41-21-13-18-38(34-41)37-16-7-5-8-17-37)42-29-30-47-46-22-11-12-26-51(46)56(52(47)36-42)40-19-9-6-10-20-40/h5-31,34-36H,32-33H2,1-4H3. The first-order valence-corrected chi connectivity index (χ1v) is 20.0. The Morgan fingerprint density at radius 1 is 0.411 bits per heavy atom. The van der Waals surface area contributed by atoms with Crippen LogP contribution in [0, 0.1) is 0 Å². The Bertz CT molecular complexity index is 2910. The third-order valence-electron chi connectivity index (χ3n) is 12.4. The van der Waals surface area contributed by atoms with Crippen molar-refractivity contribution >= 4 is 49.6 Å². The Morgan fingerprint density at radius 3 is 1.86 bits per heavy atom. The van der Waals surface area contributed by atoms with Gasteiger partial charge >= 0.3 is 0 Å². The molecule has 0 fully saturated rings. The Kier molecular flexibility index (Phi) is 8.01. The second kappa shape index (κ2) is 13.1. The summed E-state index contributed by atoms with van der Waals surface area (Å²) in [6.07, 6.45) is 2.41. The average Bonchev–Trinajstić information content (AvgIpc) is 3.57. The number of hydrogen-bond acceptors (Lipinski definition) is 1. The molecule has 56 heavy (non-hydrogen) atoms. The summed E-state index contributed by atoms with van der Waals surface area (Å²) in [7, 11) is 0. The highest BCUT2D eigenvalue weighted by atomic mass is 15.1. The number of benzene rings is 8. The Morgan fingerprint density at radius 2 is 1.04 bits per heavy atom. The summed E-state index contributed by atoms with van der Waals surface area (Å²) in [5, 5.41) is 4.96. The van der Waals surface area contributed by atoms with Gasteiger partial charge in [0.1, 0.15) is 0 Å². The monoisotopic (exact) mass is 722 g/mol. The predicted octanol–water partition coefficient (Wildman–Crippen LogP) is 15.1. The third kappa shape index (κ3) is 5.63. The average molecular weight is 723 g/mol. The van der Waals surface area contributed by atoms with Gasteiger partial charge in [-0.3, -0.25) is 0 Å². The van der Waals surface area contributed by atoms with Crippen LogP contribution in [0.1, 0.15) is 51.7 Å². The van der Waals surface area contributed by atoms with Crippen LogP contribution in [0.3, 0.4) is 0 Å². The van der Waals surface area contributed by atoms with Crippen molar-refractivity contribution in [3.63, 3.8) is 0 Å². The summed E-state index contributed by atoms with van der Waals surface area (Å²) in [5.74, 6) is 0. The largest absolute Gasteiger partial charge is 0.310 e. The maximum absolute atomic E-state index is 2.50. The molecule has 272 valence electrons. The normalized spacial score (nSPS) is 14.6. The molecule has 8 aromatic carbocycles. The van der Waals surface area contributed by atoms with E-state index in [1.807, 2.05) is 0 Å². The SMILES string of the molecule is CC1(C)CCC(C)(C)c2cc(-c3cccc4c(N(c5cccc(-c6ccccc6)c5)c5ccc6c7ccccc7n(-c7ccccc7)c6c5)cccc34)ccc21. The molecule has 1 aliphatic carbocycles. The summed E-state index contributed by atoms with van der Waals surface area (Å²) in [4.78, 5) is 2.46. The highest BCUT2D eigenvalue weighted by Crippen LogP contribution is 2.48. The van der Waals surface area contributed by atoms with Crippen molar-refractivity contribution < 1.29 is 0 Å². The van der Waals surface area contributed by atoms with E-state index in [0.717, 1.165) is 22.7 Å². The van der Waals surface area contributed by atoms with Crippen LogP contribution in [-0.4, -0.2) is 4.57 Å². The number of aromatic nitrogens is 1. The van der Waals surface area contributed by atoms with Gasteiger partial charge in [0.15, 0.2) is 0 Å². The Balaban J connectivity index is 1.21. The zero-order valence-electron chi connectivity index (χ0n) is 32.6. The van der Waals surface area contributed by atoms with Gasteiger partial charge in [0.05, 0.1) is 16.7 Å². The molecule has 0 atom stereocenters. The van der Waals surface area contributed by atoms with Crippen molar-refractivity contribution in [1.82, 2.24) is 4.57 Å². The zero-order valence-corrected chi connectivity index (χ0v) is 32.6. The summed E-state index contributed by atoms with van der Waals surface area (Å²) in [6, 6.07) is 67.1. The molecule has 0 bridgehead atoms. The number of fused-ring (bicyclic) bond motifs is 5. The van der Waals surface area contributed by atoms with E-state index in [2.05, 4.69) is 219 Å². The molecule has 10 rings (SSSR count). The van der Waals surface area contributed by atoms with Gasteiger partial charge in [-0.25, -0.2) is 0 Å². The first-order chi connectivity index (χ1) is 27.3. The molecule has 9 aromatic rings. The van der Waals surface area contributed by atoms with Crippen molar-refractivity contribution in [2.24, 2.45) is 0 Å². The number of para-hydroxylation sites is 2. The van der Waals surface area contributed by atoms with Crippen molar-refractivity contribution in [1.29, 1.82) is 0 Å². The molecule has 0 spiro atoms. The number of anilines is 3. The van der Waals surface area contributed by atoms with Gasteiger partial charge in [0, 0.05) is 33.2 Å². The fourth-order valence-electron chi connectivity index (χ4n) is 9.33. The predicted molar refractivity (Wildman–Crippen MR) is 239 cm³/mol. The molecule has 0 amide bonds. The van der Waals surface area contributed by atoms with E-state index in [0.29, 0.717) is 0 Å².